The van der Waals surface area contributed by atoms with Crippen molar-refractivity contribution in [2.24, 2.45) is 0 Å². The average Bonchev–Trinajstić information content (AvgIpc) is 2.44. The van der Waals surface area contributed by atoms with Crippen molar-refractivity contribution in [3.63, 3.8) is 0 Å². The van der Waals surface area contributed by atoms with Crippen LogP contribution >= 0.6 is 0 Å². The van der Waals surface area contributed by atoms with Crippen molar-refractivity contribution < 1.29 is 14.4 Å². The van der Waals surface area contributed by atoms with E-state index in [-0.39, 0.29) is 18.4 Å². The molecule has 1 N–H and O–H groups in total. The normalized spacial score (nSPS) is 18.1. The minimum Gasteiger partial charge on any atom is -0.347 e. The topological polar surface area (TPSA) is 69.7 Å². The molecular weight excluding hydrogens is 186 g/mol. The summed E-state index contributed by atoms with van der Waals surface area (Å²) in [5.41, 5.74) is 0. The summed E-state index contributed by atoms with van der Waals surface area (Å²) in [6, 6.07) is -1.24. The van der Waals surface area contributed by atoms with Gasteiger partial charge in [-0.25, -0.2) is 4.79 Å². The highest BCUT2D eigenvalue weighted by atomic mass is 16.2. The number of amides is 4. The predicted molar refractivity (Wildman–Crippen MR) is 48.4 cm³/mol. The molecule has 78 valence electrons. The minimum absolute atomic E-state index is 0.0239. The number of nitrogens with zero attached hydrogens (tertiary/aromatic N) is 2. The van der Waals surface area contributed by atoms with Gasteiger partial charge in [0.1, 0.15) is 6.04 Å². The Labute approximate surface area is 81.8 Å². The molecule has 0 spiro atoms. The number of rotatable bonds is 2. The molecule has 4 amide bonds. The molecule has 1 atom stereocenters. The molecular formula is C8H13N3O3. The Bertz CT molecular complexity index is 272. The summed E-state index contributed by atoms with van der Waals surface area (Å²) in [5.74, 6) is -0.631. The summed E-state index contributed by atoms with van der Waals surface area (Å²) in [5, 5.41) is 2.36. The van der Waals surface area contributed by atoms with Gasteiger partial charge in [0.25, 0.3) is 5.91 Å². The number of imide groups is 1. The lowest BCUT2D eigenvalue weighted by molar-refractivity contribution is -0.138. The smallest absolute Gasteiger partial charge is 0.325 e. The third-order valence-electron chi connectivity index (χ3n) is 2.06. The number of likely N-dealkylation sites (N-methyl/N-ethyl adjacent to an activating group) is 1. The summed E-state index contributed by atoms with van der Waals surface area (Å²) < 4.78 is 0. The van der Waals surface area contributed by atoms with Crippen molar-refractivity contribution in [2.45, 2.75) is 13.0 Å². The van der Waals surface area contributed by atoms with Crippen LogP contribution in [0.5, 0.6) is 0 Å². The van der Waals surface area contributed by atoms with Crippen LogP contribution in [0.2, 0.25) is 0 Å². The maximum Gasteiger partial charge on any atom is 0.325 e. The van der Waals surface area contributed by atoms with E-state index in [1.54, 1.807) is 14.1 Å². The van der Waals surface area contributed by atoms with Crippen LogP contribution in [0.3, 0.4) is 0 Å². The van der Waals surface area contributed by atoms with Gasteiger partial charge in [-0.05, 0) is 6.92 Å². The third-order valence-corrected chi connectivity index (χ3v) is 2.06. The fourth-order valence-corrected chi connectivity index (χ4v) is 1.31. The van der Waals surface area contributed by atoms with Crippen LogP contribution in [0.1, 0.15) is 6.92 Å². The molecule has 1 fully saturated rings. The van der Waals surface area contributed by atoms with Crippen molar-refractivity contribution in [2.75, 3.05) is 20.6 Å². The fraction of sp³-hybridized carbons (Fsp3) is 0.625. The molecule has 0 radical (unpaired) electrons. The first-order chi connectivity index (χ1) is 6.45. The van der Waals surface area contributed by atoms with Gasteiger partial charge in [0.15, 0.2) is 0 Å². The van der Waals surface area contributed by atoms with Crippen LogP contribution in [0, 0.1) is 0 Å². The van der Waals surface area contributed by atoms with Gasteiger partial charge in [-0.3, -0.25) is 14.5 Å². The van der Waals surface area contributed by atoms with Crippen molar-refractivity contribution in [1.82, 2.24) is 15.1 Å². The summed E-state index contributed by atoms with van der Waals surface area (Å²) in [6.07, 6.45) is 0. The highest BCUT2D eigenvalue weighted by Gasteiger charge is 2.36. The van der Waals surface area contributed by atoms with Gasteiger partial charge in [0.2, 0.25) is 5.91 Å². The van der Waals surface area contributed by atoms with Crippen molar-refractivity contribution in [1.29, 1.82) is 0 Å². The SMILES string of the molecule is CC(C(=O)N(C)C)N1C(=O)CNC1=O. The molecule has 1 heterocycles. The zero-order chi connectivity index (χ0) is 10.9. The van der Waals surface area contributed by atoms with Crippen LogP contribution < -0.4 is 5.32 Å². The molecule has 1 saturated heterocycles. The van der Waals surface area contributed by atoms with E-state index in [0.29, 0.717) is 0 Å². The van der Waals surface area contributed by atoms with E-state index < -0.39 is 12.1 Å². The van der Waals surface area contributed by atoms with Gasteiger partial charge in [-0.2, -0.15) is 0 Å². The maximum atomic E-state index is 11.5. The molecule has 6 heteroatoms. The first-order valence-electron chi connectivity index (χ1n) is 4.26. The summed E-state index contributed by atoms with van der Waals surface area (Å²) in [7, 11) is 3.16. The highest BCUT2D eigenvalue weighted by Crippen LogP contribution is 2.07. The first kappa shape index (κ1) is 10.5. The molecule has 1 unspecified atom stereocenters. The van der Waals surface area contributed by atoms with E-state index in [2.05, 4.69) is 5.32 Å². The molecule has 1 aliphatic heterocycles. The van der Waals surface area contributed by atoms with Gasteiger partial charge >= 0.3 is 6.03 Å². The van der Waals surface area contributed by atoms with Gasteiger partial charge in [0.05, 0.1) is 6.54 Å². The third kappa shape index (κ3) is 1.68. The Morgan fingerprint density at radius 1 is 1.50 bits per heavy atom. The van der Waals surface area contributed by atoms with Crippen molar-refractivity contribution in [3.8, 4) is 0 Å². The first-order valence-corrected chi connectivity index (χ1v) is 4.26. The van der Waals surface area contributed by atoms with E-state index >= 15 is 0 Å². The lowest BCUT2D eigenvalue weighted by Gasteiger charge is -2.23. The molecule has 0 aromatic rings. The molecule has 6 nitrogen and oxygen atoms in total. The molecule has 1 aliphatic rings. The van der Waals surface area contributed by atoms with Gasteiger partial charge in [-0.15, -0.1) is 0 Å². The highest BCUT2D eigenvalue weighted by molar-refractivity contribution is 6.05. The summed E-state index contributed by atoms with van der Waals surface area (Å²) in [6.45, 7) is 1.51. The maximum absolute atomic E-state index is 11.5. The Balaban J connectivity index is 2.78. The van der Waals surface area contributed by atoms with Crippen molar-refractivity contribution in [3.05, 3.63) is 0 Å². The molecule has 0 aromatic heterocycles. The zero-order valence-corrected chi connectivity index (χ0v) is 8.40. The fourth-order valence-electron chi connectivity index (χ4n) is 1.31. The van der Waals surface area contributed by atoms with Crippen LogP contribution in [0.15, 0.2) is 0 Å². The largest absolute Gasteiger partial charge is 0.347 e. The summed E-state index contributed by atoms with van der Waals surface area (Å²) in [4.78, 5) is 36.2. The standard InChI is InChI=1S/C8H13N3O3/c1-5(7(13)10(2)3)11-6(12)4-9-8(11)14/h5H,4H2,1-3H3,(H,9,14). The lowest BCUT2D eigenvalue weighted by Crippen LogP contribution is -2.47. The predicted octanol–water partition coefficient (Wildman–Crippen LogP) is -0.985. The number of hydrogen-bond donors (Lipinski definition) is 1. The van der Waals surface area contributed by atoms with Crippen molar-refractivity contribution >= 4 is 17.8 Å². The Morgan fingerprint density at radius 2 is 2.07 bits per heavy atom. The van der Waals surface area contributed by atoms with E-state index in [1.807, 2.05) is 0 Å². The lowest BCUT2D eigenvalue weighted by atomic mass is 10.2. The monoisotopic (exact) mass is 199 g/mol. The molecule has 0 aromatic carbocycles. The second-order valence-corrected chi connectivity index (χ2v) is 3.33. The van der Waals surface area contributed by atoms with E-state index in [4.69, 9.17) is 0 Å². The Hall–Kier alpha value is -1.59. The van der Waals surface area contributed by atoms with E-state index in [1.165, 1.54) is 11.8 Å². The minimum atomic E-state index is -0.736. The number of urea groups is 1. The van der Waals surface area contributed by atoms with Gasteiger partial charge in [0, 0.05) is 14.1 Å². The number of carbonyl (C=O) groups excluding carboxylic acids is 3. The number of hydrogen-bond acceptors (Lipinski definition) is 3. The van der Waals surface area contributed by atoms with Crippen LogP contribution in [0.25, 0.3) is 0 Å². The van der Waals surface area contributed by atoms with Gasteiger partial charge < -0.3 is 10.2 Å². The second kappa shape index (κ2) is 3.65. The molecule has 1 rings (SSSR count). The Morgan fingerprint density at radius 3 is 2.43 bits per heavy atom. The Kier molecular flexibility index (Phi) is 2.73. The summed E-state index contributed by atoms with van der Waals surface area (Å²) >= 11 is 0. The van der Waals surface area contributed by atoms with E-state index in [9.17, 15) is 14.4 Å². The van der Waals surface area contributed by atoms with Gasteiger partial charge in [-0.1, -0.05) is 0 Å². The zero-order valence-electron chi connectivity index (χ0n) is 8.40. The number of carbonyl (C=O) groups is 3. The van der Waals surface area contributed by atoms with Crippen LogP contribution in [-0.4, -0.2) is 54.3 Å². The molecule has 0 saturated carbocycles. The van der Waals surface area contributed by atoms with Crippen LogP contribution in [0.4, 0.5) is 4.79 Å². The number of nitrogens with one attached hydrogen (secondary N) is 1. The second-order valence-electron chi connectivity index (χ2n) is 3.33. The average molecular weight is 199 g/mol. The molecule has 14 heavy (non-hydrogen) atoms. The molecule has 0 bridgehead atoms. The van der Waals surface area contributed by atoms with E-state index in [0.717, 1.165) is 4.90 Å². The molecule has 0 aliphatic carbocycles. The van der Waals surface area contributed by atoms with Crippen LogP contribution in [-0.2, 0) is 9.59 Å². The quantitative estimate of drug-likeness (QED) is 0.581.